The summed E-state index contributed by atoms with van der Waals surface area (Å²) in [5.41, 5.74) is 9.17. The van der Waals surface area contributed by atoms with E-state index in [0.29, 0.717) is 13.0 Å². The summed E-state index contributed by atoms with van der Waals surface area (Å²) in [6.07, 6.45) is 2.37. The van der Waals surface area contributed by atoms with Gasteiger partial charge in [-0.3, -0.25) is 9.78 Å². The number of para-hydroxylation sites is 1. The number of carbonyl (C=O) groups is 1. The quantitative estimate of drug-likeness (QED) is 0.783. The number of fused-ring (bicyclic) bond motifs is 2. The molecule has 0 fully saturated rings. The number of hydrogen-bond acceptors (Lipinski definition) is 3. The standard InChI is InChI=1S/C21H20FN3O/c1-13-9-18(21(23)26)17-6-2-3-7-19(17)25(13)12-15-11-16(22)10-14-5-4-8-24-20(14)15/h2-8,10-11,13,18H,9,12H2,1H3,(H2,23,26)/t13-,18-/m1/s1. The SMILES string of the molecule is C[C@@H]1C[C@@H](C(N)=O)c2ccccc2N1Cc1cc(F)cc2cccnc12. The number of primary amides is 1. The van der Waals surface area contributed by atoms with Gasteiger partial charge < -0.3 is 10.6 Å². The largest absolute Gasteiger partial charge is 0.369 e. The summed E-state index contributed by atoms with van der Waals surface area (Å²) in [7, 11) is 0. The second-order valence-electron chi connectivity index (χ2n) is 6.87. The number of pyridine rings is 1. The molecule has 0 radical (unpaired) electrons. The first-order chi connectivity index (χ1) is 12.5. The molecule has 0 unspecified atom stereocenters. The molecule has 2 atom stereocenters. The summed E-state index contributed by atoms with van der Waals surface area (Å²) in [5.74, 6) is -0.866. The van der Waals surface area contributed by atoms with Crippen molar-refractivity contribution in [3.63, 3.8) is 0 Å². The molecule has 2 aromatic carbocycles. The van der Waals surface area contributed by atoms with Crippen molar-refractivity contribution in [2.75, 3.05) is 4.90 Å². The van der Waals surface area contributed by atoms with E-state index < -0.39 is 0 Å². The van der Waals surface area contributed by atoms with Crippen molar-refractivity contribution in [3.05, 3.63) is 71.7 Å². The van der Waals surface area contributed by atoms with Gasteiger partial charge in [0.25, 0.3) is 0 Å². The molecular weight excluding hydrogens is 329 g/mol. The van der Waals surface area contributed by atoms with Gasteiger partial charge in [0, 0.05) is 35.4 Å². The van der Waals surface area contributed by atoms with E-state index in [0.717, 1.165) is 27.7 Å². The van der Waals surface area contributed by atoms with E-state index in [2.05, 4.69) is 16.8 Å². The number of benzene rings is 2. The molecule has 5 heteroatoms. The Bertz CT molecular complexity index is 988. The zero-order chi connectivity index (χ0) is 18.3. The number of rotatable bonds is 3. The molecule has 0 saturated heterocycles. The Morgan fingerprint density at radius 1 is 1.27 bits per heavy atom. The lowest BCUT2D eigenvalue weighted by Crippen LogP contribution is -2.41. The van der Waals surface area contributed by atoms with Crippen molar-refractivity contribution in [1.82, 2.24) is 4.98 Å². The molecule has 26 heavy (non-hydrogen) atoms. The Labute approximate surface area is 151 Å². The normalized spacial score (nSPS) is 19.4. The van der Waals surface area contributed by atoms with Crippen LogP contribution in [0.1, 0.15) is 30.4 Å². The van der Waals surface area contributed by atoms with Gasteiger partial charge in [0.05, 0.1) is 11.4 Å². The van der Waals surface area contributed by atoms with Crippen LogP contribution in [0.3, 0.4) is 0 Å². The maximum absolute atomic E-state index is 14.1. The Kier molecular flexibility index (Phi) is 4.07. The van der Waals surface area contributed by atoms with Crippen molar-refractivity contribution >= 4 is 22.5 Å². The van der Waals surface area contributed by atoms with E-state index in [1.165, 1.54) is 6.07 Å². The number of nitrogens with two attached hydrogens (primary N) is 1. The highest BCUT2D eigenvalue weighted by Crippen LogP contribution is 2.39. The van der Waals surface area contributed by atoms with E-state index in [1.54, 1.807) is 12.3 Å². The Morgan fingerprint density at radius 2 is 2.08 bits per heavy atom. The predicted molar refractivity (Wildman–Crippen MR) is 100 cm³/mol. The van der Waals surface area contributed by atoms with Gasteiger partial charge >= 0.3 is 0 Å². The van der Waals surface area contributed by atoms with Gasteiger partial charge in [-0.1, -0.05) is 24.3 Å². The third kappa shape index (κ3) is 2.79. The average Bonchev–Trinajstić information content (AvgIpc) is 2.63. The molecule has 0 bridgehead atoms. The number of carbonyl (C=O) groups excluding carboxylic acids is 1. The van der Waals surface area contributed by atoms with Crippen molar-refractivity contribution in [2.45, 2.75) is 31.8 Å². The highest BCUT2D eigenvalue weighted by atomic mass is 19.1. The smallest absolute Gasteiger partial charge is 0.225 e. The summed E-state index contributed by atoms with van der Waals surface area (Å²) in [6.45, 7) is 2.59. The molecule has 0 saturated carbocycles. The first-order valence-corrected chi connectivity index (χ1v) is 8.72. The van der Waals surface area contributed by atoms with Crippen molar-refractivity contribution in [3.8, 4) is 0 Å². The molecular formula is C21H20FN3O. The second kappa shape index (κ2) is 6.41. The van der Waals surface area contributed by atoms with E-state index in [4.69, 9.17) is 5.73 Å². The van der Waals surface area contributed by atoms with Crippen LogP contribution in [0, 0.1) is 5.82 Å². The van der Waals surface area contributed by atoms with Gasteiger partial charge in [0.2, 0.25) is 5.91 Å². The van der Waals surface area contributed by atoms with Crippen LogP contribution in [0.2, 0.25) is 0 Å². The fourth-order valence-corrected chi connectivity index (χ4v) is 3.92. The molecule has 2 N–H and O–H groups in total. The average molecular weight is 349 g/mol. The Balaban J connectivity index is 1.79. The molecule has 1 aromatic heterocycles. The Hall–Kier alpha value is -2.95. The molecule has 0 spiro atoms. The lowest BCUT2D eigenvalue weighted by Gasteiger charge is -2.40. The summed E-state index contributed by atoms with van der Waals surface area (Å²) in [5, 5.41) is 0.787. The highest BCUT2D eigenvalue weighted by Gasteiger charge is 2.33. The van der Waals surface area contributed by atoms with Crippen molar-refractivity contribution in [1.29, 1.82) is 0 Å². The van der Waals surface area contributed by atoms with E-state index in [1.807, 2.05) is 36.4 Å². The van der Waals surface area contributed by atoms with Gasteiger partial charge in [-0.05, 0) is 43.2 Å². The van der Waals surface area contributed by atoms with Crippen molar-refractivity contribution in [2.24, 2.45) is 5.73 Å². The molecule has 1 aliphatic heterocycles. The summed E-state index contributed by atoms with van der Waals surface area (Å²) >= 11 is 0. The van der Waals surface area contributed by atoms with Gasteiger partial charge in [-0.15, -0.1) is 0 Å². The molecule has 132 valence electrons. The van der Waals surface area contributed by atoms with Crippen LogP contribution in [0.25, 0.3) is 10.9 Å². The van der Waals surface area contributed by atoms with Crippen LogP contribution in [-0.2, 0) is 11.3 Å². The zero-order valence-corrected chi connectivity index (χ0v) is 14.5. The van der Waals surface area contributed by atoms with Gasteiger partial charge in [-0.25, -0.2) is 4.39 Å². The summed E-state index contributed by atoms with van der Waals surface area (Å²) < 4.78 is 14.1. The summed E-state index contributed by atoms with van der Waals surface area (Å²) in [6, 6.07) is 14.6. The number of halogens is 1. The first-order valence-electron chi connectivity index (χ1n) is 8.72. The molecule has 4 nitrogen and oxygen atoms in total. The zero-order valence-electron chi connectivity index (χ0n) is 14.5. The monoisotopic (exact) mass is 349 g/mol. The molecule has 0 aliphatic carbocycles. The van der Waals surface area contributed by atoms with Crippen molar-refractivity contribution < 1.29 is 9.18 Å². The van der Waals surface area contributed by atoms with Crippen LogP contribution in [-0.4, -0.2) is 16.9 Å². The van der Waals surface area contributed by atoms with E-state index in [9.17, 15) is 9.18 Å². The molecule has 2 heterocycles. The van der Waals surface area contributed by atoms with Crippen LogP contribution in [0.15, 0.2) is 54.7 Å². The van der Waals surface area contributed by atoms with Gasteiger partial charge in [-0.2, -0.15) is 0 Å². The second-order valence-corrected chi connectivity index (χ2v) is 6.87. The maximum Gasteiger partial charge on any atom is 0.225 e. The highest BCUT2D eigenvalue weighted by molar-refractivity contribution is 5.86. The molecule has 1 aliphatic rings. The fraction of sp³-hybridized carbons (Fsp3) is 0.238. The maximum atomic E-state index is 14.1. The number of aromatic nitrogens is 1. The first kappa shape index (κ1) is 16.5. The summed E-state index contributed by atoms with van der Waals surface area (Å²) in [4.78, 5) is 18.5. The third-order valence-electron chi connectivity index (χ3n) is 5.16. The van der Waals surface area contributed by atoms with Gasteiger partial charge in [0.1, 0.15) is 5.82 Å². The number of hydrogen-bond donors (Lipinski definition) is 1. The van der Waals surface area contributed by atoms with E-state index >= 15 is 0 Å². The minimum Gasteiger partial charge on any atom is -0.369 e. The third-order valence-corrected chi connectivity index (χ3v) is 5.16. The van der Waals surface area contributed by atoms with E-state index in [-0.39, 0.29) is 23.7 Å². The predicted octanol–water partition coefficient (Wildman–Crippen LogP) is 3.74. The van der Waals surface area contributed by atoms with Crippen LogP contribution >= 0.6 is 0 Å². The van der Waals surface area contributed by atoms with Gasteiger partial charge in [0.15, 0.2) is 0 Å². The molecule has 4 rings (SSSR count). The van der Waals surface area contributed by atoms with Crippen LogP contribution in [0.4, 0.5) is 10.1 Å². The lowest BCUT2D eigenvalue weighted by molar-refractivity contribution is -0.119. The van der Waals surface area contributed by atoms with Crippen LogP contribution < -0.4 is 10.6 Å². The fourth-order valence-electron chi connectivity index (χ4n) is 3.92. The molecule has 3 aromatic rings. The Morgan fingerprint density at radius 3 is 2.88 bits per heavy atom. The minimum absolute atomic E-state index is 0.101. The van der Waals surface area contributed by atoms with Crippen LogP contribution in [0.5, 0.6) is 0 Å². The number of nitrogens with zero attached hydrogens (tertiary/aromatic N) is 2. The number of amides is 1. The lowest BCUT2D eigenvalue weighted by atomic mass is 9.85. The minimum atomic E-state index is -0.304. The molecule has 1 amide bonds. The topological polar surface area (TPSA) is 59.2 Å². The number of anilines is 1.